The third kappa shape index (κ3) is 2.84. The van der Waals surface area contributed by atoms with E-state index in [1.807, 2.05) is 18.5 Å². The highest BCUT2D eigenvalue weighted by Gasteiger charge is 2.00. The van der Waals surface area contributed by atoms with E-state index in [-0.39, 0.29) is 0 Å². The highest BCUT2D eigenvalue weighted by molar-refractivity contribution is 7.09. The van der Waals surface area contributed by atoms with Gasteiger partial charge in [0.05, 0.1) is 0 Å². The Labute approximate surface area is 93.0 Å². The van der Waals surface area contributed by atoms with Crippen molar-refractivity contribution >= 4 is 11.3 Å². The van der Waals surface area contributed by atoms with E-state index in [9.17, 15) is 0 Å². The largest absolute Gasteiger partial charge is 0.330 e. The van der Waals surface area contributed by atoms with Crippen LogP contribution in [0.1, 0.15) is 16.3 Å². The van der Waals surface area contributed by atoms with Crippen molar-refractivity contribution in [1.82, 2.24) is 9.97 Å². The summed E-state index contributed by atoms with van der Waals surface area (Å²) in [5, 5.41) is 2.07. The van der Waals surface area contributed by atoms with Crippen molar-refractivity contribution in [3.05, 3.63) is 46.2 Å². The van der Waals surface area contributed by atoms with Gasteiger partial charge in [0.15, 0.2) is 0 Å². The number of hydrogen-bond donors (Lipinski definition) is 1. The van der Waals surface area contributed by atoms with Crippen molar-refractivity contribution in [2.24, 2.45) is 5.73 Å². The van der Waals surface area contributed by atoms with Crippen molar-refractivity contribution in [3.8, 4) is 0 Å². The fourth-order valence-electron chi connectivity index (χ4n) is 1.34. The van der Waals surface area contributed by atoms with Gasteiger partial charge in [-0.15, -0.1) is 11.3 Å². The van der Waals surface area contributed by atoms with Crippen molar-refractivity contribution in [3.63, 3.8) is 0 Å². The minimum Gasteiger partial charge on any atom is -0.330 e. The average molecular weight is 219 g/mol. The molecule has 2 heterocycles. The fraction of sp³-hybridized carbons (Fsp3) is 0.273. The first kappa shape index (κ1) is 10.3. The number of thiophene rings is 1. The molecule has 2 rings (SSSR count). The van der Waals surface area contributed by atoms with Crippen LogP contribution in [-0.4, -0.2) is 16.5 Å². The van der Waals surface area contributed by atoms with Crippen molar-refractivity contribution < 1.29 is 0 Å². The highest BCUT2D eigenvalue weighted by Crippen LogP contribution is 2.12. The first-order chi connectivity index (χ1) is 7.38. The van der Waals surface area contributed by atoms with E-state index in [0.29, 0.717) is 6.54 Å². The van der Waals surface area contributed by atoms with Crippen molar-refractivity contribution in [2.75, 3.05) is 6.54 Å². The molecule has 0 aliphatic heterocycles. The molecule has 2 aromatic rings. The van der Waals surface area contributed by atoms with Gasteiger partial charge >= 0.3 is 0 Å². The molecule has 2 N–H and O–H groups in total. The minimum atomic E-state index is 0.646. The molecule has 0 bridgehead atoms. The molecule has 0 aromatic carbocycles. The summed E-state index contributed by atoms with van der Waals surface area (Å²) < 4.78 is 0. The summed E-state index contributed by atoms with van der Waals surface area (Å²) in [7, 11) is 0. The lowest BCUT2D eigenvalue weighted by Gasteiger charge is -1.99. The third-order valence-corrected chi connectivity index (χ3v) is 2.98. The Morgan fingerprint density at radius 1 is 1.27 bits per heavy atom. The predicted octanol–water partition coefficient (Wildman–Crippen LogP) is 1.63. The number of nitrogens with two attached hydrogens (primary N) is 1. The number of nitrogens with zero attached hydrogens (tertiary/aromatic N) is 2. The van der Waals surface area contributed by atoms with E-state index in [1.165, 1.54) is 4.88 Å². The van der Waals surface area contributed by atoms with E-state index in [1.54, 1.807) is 11.3 Å². The van der Waals surface area contributed by atoms with Gasteiger partial charge < -0.3 is 5.73 Å². The molecule has 0 unspecified atom stereocenters. The quantitative estimate of drug-likeness (QED) is 0.850. The van der Waals surface area contributed by atoms with Crippen LogP contribution in [-0.2, 0) is 12.8 Å². The summed E-state index contributed by atoms with van der Waals surface area (Å²) in [4.78, 5) is 9.92. The van der Waals surface area contributed by atoms with Gasteiger partial charge in [0, 0.05) is 23.7 Å². The molecule has 0 fully saturated rings. The van der Waals surface area contributed by atoms with Gasteiger partial charge in [0.1, 0.15) is 5.82 Å². The van der Waals surface area contributed by atoms with Crippen LogP contribution < -0.4 is 5.73 Å². The van der Waals surface area contributed by atoms with Crippen LogP contribution in [0, 0.1) is 0 Å². The Morgan fingerprint density at radius 3 is 2.67 bits per heavy atom. The molecule has 0 aliphatic rings. The van der Waals surface area contributed by atoms with Gasteiger partial charge in [-0.05, 0) is 30.0 Å². The maximum absolute atomic E-state index is 5.45. The second kappa shape index (κ2) is 5.00. The van der Waals surface area contributed by atoms with Gasteiger partial charge in [-0.25, -0.2) is 9.97 Å². The Bertz CT molecular complexity index is 394. The van der Waals surface area contributed by atoms with E-state index in [4.69, 9.17) is 5.73 Å². The summed E-state index contributed by atoms with van der Waals surface area (Å²) in [5.74, 6) is 0.873. The molecule has 2 aromatic heterocycles. The van der Waals surface area contributed by atoms with E-state index in [0.717, 1.165) is 24.2 Å². The van der Waals surface area contributed by atoms with Crippen molar-refractivity contribution in [2.45, 2.75) is 12.8 Å². The molecule has 0 amide bonds. The molecule has 0 atom stereocenters. The van der Waals surface area contributed by atoms with Crippen LogP contribution in [0.25, 0.3) is 0 Å². The maximum atomic E-state index is 5.45. The lowest BCUT2D eigenvalue weighted by molar-refractivity contribution is 0.905. The molecular weight excluding hydrogens is 206 g/mol. The normalized spacial score (nSPS) is 10.5. The first-order valence-corrected chi connectivity index (χ1v) is 5.78. The third-order valence-electron chi connectivity index (χ3n) is 2.10. The van der Waals surface area contributed by atoms with Crippen molar-refractivity contribution in [1.29, 1.82) is 0 Å². The maximum Gasteiger partial charge on any atom is 0.133 e. The van der Waals surface area contributed by atoms with E-state index >= 15 is 0 Å². The average Bonchev–Trinajstić information content (AvgIpc) is 2.74. The Balaban J connectivity index is 2.04. The SMILES string of the molecule is NCCc1cnc(Cc2cccs2)nc1. The molecule has 4 heteroatoms. The number of hydrogen-bond acceptors (Lipinski definition) is 4. The highest BCUT2D eigenvalue weighted by atomic mass is 32.1. The summed E-state index contributed by atoms with van der Waals surface area (Å²) in [6.45, 7) is 0.646. The predicted molar refractivity (Wildman–Crippen MR) is 61.9 cm³/mol. The summed E-state index contributed by atoms with van der Waals surface area (Å²) >= 11 is 1.73. The Kier molecular flexibility index (Phi) is 3.42. The molecule has 0 aliphatic carbocycles. The fourth-order valence-corrected chi connectivity index (χ4v) is 2.04. The topological polar surface area (TPSA) is 51.8 Å². The second-order valence-corrected chi connectivity index (χ2v) is 4.33. The van der Waals surface area contributed by atoms with Gasteiger partial charge in [-0.3, -0.25) is 0 Å². The van der Waals surface area contributed by atoms with Gasteiger partial charge in [-0.2, -0.15) is 0 Å². The standard InChI is InChI=1S/C11H13N3S/c12-4-3-9-7-13-11(14-8-9)6-10-2-1-5-15-10/h1-2,5,7-8H,3-4,6,12H2. The van der Waals surface area contributed by atoms with Crippen LogP contribution >= 0.6 is 11.3 Å². The smallest absolute Gasteiger partial charge is 0.133 e. The van der Waals surface area contributed by atoms with Crippen LogP contribution in [0.5, 0.6) is 0 Å². The molecule has 0 saturated heterocycles. The molecular formula is C11H13N3S. The molecule has 15 heavy (non-hydrogen) atoms. The molecule has 0 saturated carbocycles. The Morgan fingerprint density at radius 2 is 2.07 bits per heavy atom. The van der Waals surface area contributed by atoms with Gasteiger partial charge in [-0.1, -0.05) is 6.07 Å². The van der Waals surface area contributed by atoms with E-state index < -0.39 is 0 Å². The monoisotopic (exact) mass is 219 g/mol. The van der Waals surface area contributed by atoms with Gasteiger partial charge in [0.25, 0.3) is 0 Å². The lowest BCUT2D eigenvalue weighted by atomic mass is 10.2. The molecule has 78 valence electrons. The van der Waals surface area contributed by atoms with Gasteiger partial charge in [0.2, 0.25) is 0 Å². The van der Waals surface area contributed by atoms with E-state index in [2.05, 4.69) is 21.4 Å². The second-order valence-electron chi connectivity index (χ2n) is 3.30. The summed E-state index contributed by atoms with van der Waals surface area (Å²) in [6, 6.07) is 4.14. The molecule has 3 nitrogen and oxygen atoms in total. The first-order valence-electron chi connectivity index (χ1n) is 4.91. The zero-order valence-electron chi connectivity index (χ0n) is 8.39. The lowest BCUT2D eigenvalue weighted by Crippen LogP contribution is -2.04. The Hall–Kier alpha value is -1.26. The van der Waals surface area contributed by atoms with Crippen LogP contribution in [0.2, 0.25) is 0 Å². The number of aromatic nitrogens is 2. The molecule has 0 radical (unpaired) electrons. The summed E-state index contributed by atoms with van der Waals surface area (Å²) in [5.41, 5.74) is 6.56. The summed E-state index contributed by atoms with van der Waals surface area (Å²) in [6.07, 6.45) is 5.39. The zero-order chi connectivity index (χ0) is 10.5. The molecule has 0 spiro atoms. The van der Waals surface area contributed by atoms with Crippen LogP contribution in [0.3, 0.4) is 0 Å². The number of rotatable bonds is 4. The van der Waals surface area contributed by atoms with Crippen LogP contribution in [0.15, 0.2) is 29.9 Å². The minimum absolute atomic E-state index is 0.646. The van der Waals surface area contributed by atoms with Crippen LogP contribution in [0.4, 0.5) is 0 Å². The zero-order valence-corrected chi connectivity index (χ0v) is 9.20.